The molecule has 0 atom stereocenters. The van der Waals surface area contributed by atoms with Crippen molar-refractivity contribution in [3.05, 3.63) is 48.0 Å². The van der Waals surface area contributed by atoms with Crippen molar-refractivity contribution in [2.24, 2.45) is 0 Å². The van der Waals surface area contributed by atoms with E-state index in [4.69, 9.17) is 0 Å². The topological polar surface area (TPSA) is 17.8 Å². The highest BCUT2D eigenvalue weighted by Gasteiger charge is 2.33. The molecule has 2 rings (SSSR count). The van der Waals surface area contributed by atoms with E-state index in [9.17, 15) is 13.2 Å². The van der Waals surface area contributed by atoms with Crippen LogP contribution in [0.5, 0.6) is 0 Å². The van der Waals surface area contributed by atoms with Crippen LogP contribution < -0.4 is 0 Å². The fourth-order valence-electron chi connectivity index (χ4n) is 1.78. The van der Waals surface area contributed by atoms with Gasteiger partial charge in [0.05, 0.1) is 23.3 Å². The molecule has 0 fully saturated rings. The molecule has 0 N–H and O–H groups in total. The van der Waals surface area contributed by atoms with Gasteiger partial charge in [0, 0.05) is 11.6 Å². The second kappa shape index (κ2) is 4.40. The molecule has 2 nitrogen and oxygen atoms in total. The number of imidazole rings is 1. The van der Waals surface area contributed by atoms with Crippen molar-refractivity contribution in [1.82, 2.24) is 9.55 Å². The first kappa shape index (κ1) is 13.6. The van der Waals surface area contributed by atoms with Gasteiger partial charge in [-0.1, -0.05) is 32.9 Å². The van der Waals surface area contributed by atoms with Crippen LogP contribution >= 0.6 is 0 Å². The van der Waals surface area contributed by atoms with Crippen molar-refractivity contribution < 1.29 is 13.2 Å². The summed E-state index contributed by atoms with van der Waals surface area (Å²) in [5.74, 6) is 0. The number of nitrogens with zero attached hydrogens (tertiary/aromatic N) is 2. The summed E-state index contributed by atoms with van der Waals surface area (Å²) in [6.45, 7) is 5.90. The predicted octanol–water partition coefficient (Wildman–Crippen LogP) is 4.19. The van der Waals surface area contributed by atoms with Gasteiger partial charge in [0.15, 0.2) is 0 Å². The number of hydrogen-bond acceptors (Lipinski definition) is 1. The maximum absolute atomic E-state index is 12.9. The smallest absolute Gasteiger partial charge is 0.305 e. The van der Waals surface area contributed by atoms with E-state index in [0.29, 0.717) is 0 Å². The first-order valence-corrected chi connectivity index (χ1v) is 5.90. The maximum Gasteiger partial charge on any atom is 0.418 e. The highest BCUT2D eigenvalue weighted by atomic mass is 19.4. The maximum atomic E-state index is 12.9. The number of alkyl halides is 3. The molecule has 2 aromatic rings. The van der Waals surface area contributed by atoms with Gasteiger partial charge in [-0.3, -0.25) is 0 Å². The average molecular weight is 268 g/mol. The minimum absolute atomic E-state index is 0.0954. The first-order valence-electron chi connectivity index (χ1n) is 5.90. The summed E-state index contributed by atoms with van der Waals surface area (Å²) in [7, 11) is 0. The molecule has 1 aromatic heterocycles. The van der Waals surface area contributed by atoms with E-state index in [1.165, 1.54) is 23.0 Å². The number of hydrogen-bond donors (Lipinski definition) is 0. The molecule has 19 heavy (non-hydrogen) atoms. The summed E-state index contributed by atoms with van der Waals surface area (Å²) in [6.07, 6.45) is -1.31. The third-order valence-corrected chi connectivity index (χ3v) is 2.84. The zero-order valence-corrected chi connectivity index (χ0v) is 11.0. The molecule has 0 saturated heterocycles. The van der Waals surface area contributed by atoms with Crippen molar-refractivity contribution >= 4 is 0 Å². The van der Waals surface area contributed by atoms with Crippen molar-refractivity contribution in [3.8, 4) is 5.69 Å². The summed E-state index contributed by atoms with van der Waals surface area (Å²) in [4.78, 5) is 4.18. The lowest BCUT2D eigenvalue weighted by atomic mass is 9.93. The number of benzene rings is 1. The molecule has 0 spiro atoms. The van der Waals surface area contributed by atoms with Gasteiger partial charge in [-0.15, -0.1) is 0 Å². The lowest BCUT2D eigenvalue weighted by Gasteiger charge is -2.15. The van der Waals surface area contributed by atoms with Gasteiger partial charge < -0.3 is 4.57 Å². The highest BCUT2D eigenvalue weighted by molar-refractivity contribution is 5.43. The van der Waals surface area contributed by atoms with Crippen molar-refractivity contribution in [2.45, 2.75) is 32.4 Å². The monoisotopic (exact) mass is 268 g/mol. The van der Waals surface area contributed by atoms with E-state index in [1.54, 1.807) is 12.3 Å². The van der Waals surface area contributed by atoms with Gasteiger partial charge in [0.25, 0.3) is 0 Å². The van der Waals surface area contributed by atoms with Crippen molar-refractivity contribution in [3.63, 3.8) is 0 Å². The summed E-state index contributed by atoms with van der Waals surface area (Å²) in [5.41, 5.74) is -0.00588. The standard InChI is InChI=1S/C14H15F3N2/c1-13(2,3)12-8-19(9-18-12)11-7-5-4-6-10(11)14(15,16)17/h4-9H,1-3H3. The van der Waals surface area contributed by atoms with E-state index < -0.39 is 11.7 Å². The number of halogens is 3. The minimum atomic E-state index is -4.37. The Bertz CT molecular complexity index is 577. The summed E-state index contributed by atoms with van der Waals surface area (Å²) in [6, 6.07) is 5.48. The fourth-order valence-corrected chi connectivity index (χ4v) is 1.78. The van der Waals surface area contributed by atoms with E-state index in [1.807, 2.05) is 20.8 Å². The molecule has 1 aromatic carbocycles. The Morgan fingerprint density at radius 1 is 1.05 bits per heavy atom. The second-order valence-electron chi connectivity index (χ2n) is 5.43. The normalized spacial score (nSPS) is 12.7. The zero-order chi connectivity index (χ0) is 14.3. The predicted molar refractivity (Wildman–Crippen MR) is 67.3 cm³/mol. The van der Waals surface area contributed by atoms with Gasteiger partial charge in [-0.05, 0) is 12.1 Å². The van der Waals surface area contributed by atoms with E-state index in [2.05, 4.69) is 4.98 Å². The third kappa shape index (κ3) is 2.80. The van der Waals surface area contributed by atoms with E-state index >= 15 is 0 Å². The van der Waals surface area contributed by atoms with Crippen LogP contribution in [0.2, 0.25) is 0 Å². The molecule has 102 valence electrons. The quantitative estimate of drug-likeness (QED) is 0.758. The van der Waals surface area contributed by atoms with Gasteiger partial charge >= 0.3 is 6.18 Å². The lowest BCUT2D eigenvalue weighted by molar-refractivity contribution is -0.137. The molecular formula is C14H15F3N2. The van der Waals surface area contributed by atoms with E-state index in [-0.39, 0.29) is 11.1 Å². The van der Waals surface area contributed by atoms with Gasteiger partial charge in [-0.2, -0.15) is 13.2 Å². The summed E-state index contributed by atoms with van der Waals surface area (Å²) >= 11 is 0. The summed E-state index contributed by atoms with van der Waals surface area (Å²) < 4.78 is 40.2. The molecule has 0 bridgehead atoms. The second-order valence-corrected chi connectivity index (χ2v) is 5.43. The van der Waals surface area contributed by atoms with Crippen LogP contribution in [0.4, 0.5) is 13.2 Å². The molecular weight excluding hydrogens is 253 g/mol. The van der Waals surface area contributed by atoms with E-state index in [0.717, 1.165) is 11.8 Å². The fraction of sp³-hybridized carbons (Fsp3) is 0.357. The van der Waals surface area contributed by atoms with Crippen LogP contribution in [0.1, 0.15) is 32.0 Å². The van der Waals surface area contributed by atoms with Crippen LogP contribution in [0.3, 0.4) is 0 Å². The largest absolute Gasteiger partial charge is 0.418 e. The highest BCUT2D eigenvalue weighted by Crippen LogP contribution is 2.34. The first-order chi connectivity index (χ1) is 8.69. The number of rotatable bonds is 1. The SMILES string of the molecule is CC(C)(C)c1cn(-c2ccccc2C(F)(F)F)cn1. The Labute approximate surface area is 109 Å². The Morgan fingerprint density at radius 3 is 2.21 bits per heavy atom. The van der Waals surface area contributed by atoms with Crippen LogP contribution in [0, 0.1) is 0 Å². The molecule has 0 aliphatic heterocycles. The zero-order valence-electron chi connectivity index (χ0n) is 11.0. The van der Waals surface area contributed by atoms with Crippen LogP contribution in [-0.2, 0) is 11.6 Å². The molecule has 0 unspecified atom stereocenters. The Morgan fingerprint density at radius 2 is 1.68 bits per heavy atom. The molecule has 1 heterocycles. The molecule has 0 radical (unpaired) electrons. The van der Waals surface area contributed by atoms with Crippen LogP contribution in [-0.4, -0.2) is 9.55 Å². The average Bonchev–Trinajstić information content (AvgIpc) is 2.76. The van der Waals surface area contributed by atoms with Gasteiger partial charge in [0.2, 0.25) is 0 Å². The molecule has 5 heteroatoms. The third-order valence-electron chi connectivity index (χ3n) is 2.84. The van der Waals surface area contributed by atoms with Crippen molar-refractivity contribution in [2.75, 3.05) is 0 Å². The van der Waals surface area contributed by atoms with Crippen LogP contribution in [0.15, 0.2) is 36.8 Å². The lowest BCUT2D eigenvalue weighted by Crippen LogP contribution is -2.12. The van der Waals surface area contributed by atoms with Gasteiger partial charge in [-0.25, -0.2) is 4.98 Å². The molecule has 0 aliphatic rings. The van der Waals surface area contributed by atoms with Crippen LogP contribution in [0.25, 0.3) is 5.69 Å². The number of aromatic nitrogens is 2. The number of para-hydroxylation sites is 1. The minimum Gasteiger partial charge on any atom is -0.305 e. The van der Waals surface area contributed by atoms with Crippen molar-refractivity contribution in [1.29, 1.82) is 0 Å². The Hall–Kier alpha value is -1.78. The molecule has 0 aliphatic carbocycles. The van der Waals surface area contributed by atoms with Gasteiger partial charge in [0.1, 0.15) is 0 Å². The Balaban J connectivity index is 2.52. The summed E-state index contributed by atoms with van der Waals surface area (Å²) in [5, 5.41) is 0. The molecule has 0 saturated carbocycles. The molecule has 0 amide bonds. The Kier molecular flexibility index (Phi) is 3.16.